The van der Waals surface area contributed by atoms with Crippen molar-refractivity contribution in [1.29, 1.82) is 0 Å². The van der Waals surface area contributed by atoms with Gasteiger partial charge in [0, 0.05) is 0 Å². The first-order valence-electron chi connectivity index (χ1n) is 3.90. The van der Waals surface area contributed by atoms with Gasteiger partial charge in [-0.2, -0.15) is 13.3 Å². The van der Waals surface area contributed by atoms with E-state index < -0.39 is 26.0 Å². The van der Waals surface area contributed by atoms with E-state index in [1.807, 2.05) is 0 Å². The molecule has 1 aromatic rings. The molecule has 2 rings (SSSR count). The summed E-state index contributed by atoms with van der Waals surface area (Å²) in [5, 5.41) is 26.2. The summed E-state index contributed by atoms with van der Waals surface area (Å²) < 4.78 is 35.0. The molecule has 86 valence electrons. The highest BCUT2D eigenvalue weighted by Gasteiger charge is 2.39. The Hall–Kier alpha value is -1.94. The van der Waals surface area contributed by atoms with Crippen LogP contribution in [0, 0.1) is 10.4 Å². The quantitative estimate of drug-likeness (QED) is 0.383. The average Bonchev–Trinajstić information content (AvgIpc) is 2.61. The Bertz CT molecular complexity index is 581. The summed E-state index contributed by atoms with van der Waals surface area (Å²) in [6.45, 7) is 0. The molecule has 1 aromatic heterocycles. The molecule has 0 amide bonds. The highest BCUT2D eigenvalue weighted by Crippen LogP contribution is 2.20. The zero-order valence-electron chi connectivity index (χ0n) is 7.47. The summed E-state index contributed by atoms with van der Waals surface area (Å²) in [6, 6.07) is 0. The maximum absolute atomic E-state index is 10.9. The van der Waals surface area contributed by atoms with Gasteiger partial charge in [-0.25, -0.2) is 4.63 Å². The highest BCUT2D eigenvalue weighted by atomic mass is 32.2. The standard InChI is InChI=1S/C6H4N3O6S/c10-9(11)6-4(16(12,13)14)2-1-3-5(6)8-15-7-3/h1-2,4H,(H-,10,11,12,13,14)/q-1. The van der Waals surface area contributed by atoms with Gasteiger partial charge in [-0.15, -0.1) is 0 Å². The Kier molecular flexibility index (Phi) is 2.17. The molecule has 10 heteroatoms. The first-order chi connectivity index (χ1) is 7.41. The summed E-state index contributed by atoms with van der Waals surface area (Å²) >= 11 is 0. The SMILES string of the molecule is O=S(=O)(O)C1C=Cc2nonc2C1=[N+]([O-])[O-]. The van der Waals surface area contributed by atoms with E-state index in [-0.39, 0.29) is 11.4 Å². The molecule has 1 heterocycles. The summed E-state index contributed by atoms with van der Waals surface area (Å²) in [4.78, 5) is -0.940. The van der Waals surface area contributed by atoms with Crippen molar-refractivity contribution in [2.75, 3.05) is 0 Å². The number of fused-ring (bicyclic) bond motifs is 1. The van der Waals surface area contributed by atoms with Gasteiger partial charge in [-0.1, -0.05) is 6.08 Å². The maximum Gasteiger partial charge on any atom is 0.281 e. The van der Waals surface area contributed by atoms with Crippen molar-refractivity contribution >= 4 is 21.9 Å². The van der Waals surface area contributed by atoms with Gasteiger partial charge in [0.2, 0.25) is 5.69 Å². The normalized spacial score (nSPS) is 19.6. The van der Waals surface area contributed by atoms with Crippen molar-refractivity contribution < 1.29 is 22.5 Å². The van der Waals surface area contributed by atoms with Crippen LogP contribution in [0.25, 0.3) is 6.08 Å². The Labute approximate surface area is 88.6 Å². The molecular formula is C6H4N3O6S-. The molecule has 1 aliphatic rings. The number of hydrogen-bond acceptors (Lipinski definition) is 7. The van der Waals surface area contributed by atoms with Crippen molar-refractivity contribution in [2.45, 2.75) is 5.25 Å². The summed E-state index contributed by atoms with van der Waals surface area (Å²) in [7, 11) is -4.62. The van der Waals surface area contributed by atoms with Crippen LogP contribution in [-0.4, -0.2) is 39.1 Å². The minimum absolute atomic E-state index is 0.0478. The second kappa shape index (κ2) is 3.28. The van der Waals surface area contributed by atoms with Crippen LogP contribution in [0.1, 0.15) is 11.4 Å². The van der Waals surface area contributed by atoms with E-state index in [2.05, 4.69) is 14.9 Å². The molecule has 16 heavy (non-hydrogen) atoms. The lowest BCUT2D eigenvalue weighted by Crippen LogP contribution is -2.35. The largest absolute Gasteiger partial charge is 0.612 e. The Morgan fingerprint density at radius 3 is 2.69 bits per heavy atom. The average molecular weight is 246 g/mol. The van der Waals surface area contributed by atoms with Gasteiger partial charge < -0.3 is 10.4 Å². The Morgan fingerprint density at radius 2 is 2.12 bits per heavy atom. The van der Waals surface area contributed by atoms with Crippen LogP contribution in [0.3, 0.4) is 0 Å². The molecule has 0 aliphatic heterocycles. The number of hydrogen-bond donors (Lipinski definition) is 1. The molecule has 0 radical (unpaired) electrons. The van der Waals surface area contributed by atoms with E-state index >= 15 is 0 Å². The van der Waals surface area contributed by atoms with Crippen molar-refractivity contribution in [1.82, 2.24) is 10.3 Å². The van der Waals surface area contributed by atoms with Gasteiger partial charge in [0.15, 0.2) is 5.25 Å². The van der Waals surface area contributed by atoms with E-state index in [0.29, 0.717) is 0 Å². The van der Waals surface area contributed by atoms with Crippen LogP contribution < -0.4 is 0 Å². The molecule has 1 atom stereocenters. The fourth-order valence-electron chi connectivity index (χ4n) is 1.32. The zero-order chi connectivity index (χ0) is 11.9. The molecule has 1 unspecified atom stereocenters. The van der Waals surface area contributed by atoms with Crippen LogP contribution in [0.2, 0.25) is 0 Å². The molecule has 0 fully saturated rings. The topological polar surface area (TPSA) is 142 Å². The fraction of sp³-hybridized carbons (Fsp3) is 0.167. The number of aromatic nitrogens is 2. The summed E-state index contributed by atoms with van der Waals surface area (Å²) in [5.74, 6) is 0. The first-order valence-corrected chi connectivity index (χ1v) is 5.40. The highest BCUT2D eigenvalue weighted by molar-refractivity contribution is 7.87. The van der Waals surface area contributed by atoms with Crippen molar-refractivity contribution in [3.8, 4) is 0 Å². The molecule has 1 aliphatic carbocycles. The summed E-state index contributed by atoms with van der Waals surface area (Å²) in [6.07, 6.45) is 2.12. The third-order valence-electron chi connectivity index (χ3n) is 1.97. The lowest BCUT2D eigenvalue weighted by atomic mass is 10.1. The Morgan fingerprint density at radius 1 is 1.44 bits per heavy atom. The predicted molar refractivity (Wildman–Crippen MR) is 49.8 cm³/mol. The van der Waals surface area contributed by atoms with Crippen LogP contribution in [0.4, 0.5) is 0 Å². The second-order valence-electron chi connectivity index (χ2n) is 2.94. The smallest absolute Gasteiger partial charge is 0.281 e. The van der Waals surface area contributed by atoms with Gasteiger partial charge >= 0.3 is 0 Å². The second-order valence-corrected chi connectivity index (χ2v) is 4.47. The van der Waals surface area contributed by atoms with Crippen LogP contribution >= 0.6 is 0 Å². The van der Waals surface area contributed by atoms with Gasteiger partial charge in [-0.3, -0.25) is 4.55 Å². The Balaban J connectivity index is 2.68. The molecule has 0 aromatic carbocycles. The lowest BCUT2D eigenvalue weighted by molar-refractivity contribution is -0.379. The van der Waals surface area contributed by atoms with E-state index in [4.69, 9.17) is 4.55 Å². The fourth-order valence-corrected chi connectivity index (χ4v) is 2.07. The van der Waals surface area contributed by atoms with Gasteiger partial charge in [0.1, 0.15) is 5.69 Å². The van der Waals surface area contributed by atoms with E-state index in [0.717, 1.165) is 6.08 Å². The lowest BCUT2D eigenvalue weighted by Gasteiger charge is -2.16. The maximum atomic E-state index is 10.9. The molecule has 1 N–H and O–H groups in total. The van der Waals surface area contributed by atoms with Crippen molar-refractivity contribution in [3.05, 3.63) is 27.9 Å². The number of rotatable bonds is 1. The minimum Gasteiger partial charge on any atom is -0.612 e. The van der Waals surface area contributed by atoms with Gasteiger partial charge in [-0.05, 0) is 16.4 Å². The minimum atomic E-state index is -4.62. The predicted octanol–water partition coefficient (Wildman–Crippen LogP) is -0.850. The molecule has 0 spiro atoms. The van der Waals surface area contributed by atoms with Crippen LogP contribution in [0.5, 0.6) is 0 Å². The van der Waals surface area contributed by atoms with Crippen molar-refractivity contribution in [2.24, 2.45) is 0 Å². The van der Waals surface area contributed by atoms with E-state index in [9.17, 15) is 18.8 Å². The summed E-state index contributed by atoms with van der Waals surface area (Å²) in [5.41, 5.74) is -1.03. The first kappa shape index (κ1) is 10.6. The van der Waals surface area contributed by atoms with E-state index in [1.165, 1.54) is 6.08 Å². The molecule has 0 saturated carbocycles. The van der Waals surface area contributed by atoms with Gasteiger partial charge in [0.05, 0.1) is 0 Å². The van der Waals surface area contributed by atoms with Crippen LogP contribution in [-0.2, 0) is 10.1 Å². The third kappa shape index (κ3) is 1.53. The number of nitrogens with zero attached hydrogens (tertiary/aromatic N) is 3. The van der Waals surface area contributed by atoms with Gasteiger partial charge in [0.25, 0.3) is 15.8 Å². The molecule has 0 saturated heterocycles. The van der Waals surface area contributed by atoms with Crippen molar-refractivity contribution in [3.63, 3.8) is 0 Å². The molecule has 9 nitrogen and oxygen atoms in total. The zero-order valence-corrected chi connectivity index (χ0v) is 8.29. The van der Waals surface area contributed by atoms with Crippen LogP contribution in [0.15, 0.2) is 10.7 Å². The molecular weight excluding hydrogens is 242 g/mol. The third-order valence-corrected chi connectivity index (χ3v) is 2.99. The monoisotopic (exact) mass is 246 g/mol. The molecule has 0 bridgehead atoms. The van der Waals surface area contributed by atoms with E-state index in [1.54, 1.807) is 0 Å².